The van der Waals surface area contributed by atoms with Gasteiger partial charge in [-0.05, 0) is 31.9 Å². The summed E-state index contributed by atoms with van der Waals surface area (Å²) in [6, 6.07) is 17.0. The van der Waals surface area contributed by atoms with Gasteiger partial charge in [-0.1, -0.05) is 54.6 Å². The van der Waals surface area contributed by atoms with Crippen LogP contribution in [0.3, 0.4) is 0 Å². The number of aromatic nitrogens is 1. The number of nitrogens with zero attached hydrogens (tertiary/aromatic N) is 1. The highest BCUT2D eigenvalue weighted by atomic mass is 32.1. The summed E-state index contributed by atoms with van der Waals surface area (Å²) in [6.07, 6.45) is 0. The molecule has 1 aliphatic rings. The minimum atomic E-state index is -1.38. The maximum Gasteiger partial charge on any atom is 0.336 e. The molecule has 1 aromatic heterocycles. The number of allylic oxidation sites excluding steroid dienone is 1. The molecule has 7 nitrogen and oxygen atoms in total. The van der Waals surface area contributed by atoms with Crippen LogP contribution in [0, 0.1) is 6.92 Å². The lowest BCUT2D eigenvalue weighted by Crippen LogP contribution is -2.66. The predicted octanol–water partition coefficient (Wildman–Crippen LogP) is 4.66. The molecular weight excluding hydrogens is 462 g/mol. The summed E-state index contributed by atoms with van der Waals surface area (Å²) in [4.78, 5) is 31.5. The molecule has 4 rings (SSSR count). The fourth-order valence-electron chi connectivity index (χ4n) is 4.85. The number of thiazole rings is 1. The number of methoxy groups -OCH3 is 2. The first-order valence-corrected chi connectivity index (χ1v) is 12.2. The van der Waals surface area contributed by atoms with Crippen molar-refractivity contribution in [2.45, 2.75) is 38.3 Å². The number of aryl methyl sites for hydroxylation is 1. The van der Waals surface area contributed by atoms with Gasteiger partial charge in [-0.2, -0.15) is 0 Å². The summed E-state index contributed by atoms with van der Waals surface area (Å²) < 4.78 is 10.5. The van der Waals surface area contributed by atoms with Crippen molar-refractivity contribution in [3.63, 3.8) is 0 Å². The van der Waals surface area contributed by atoms with E-state index in [0.717, 1.165) is 22.4 Å². The number of hydrogen-bond acceptors (Lipinski definition) is 8. The average Bonchev–Trinajstić information content (AvgIpc) is 3.33. The van der Waals surface area contributed by atoms with Crippen LogP contribution in [0.2, 0.25) is 0 Å². The monoisotopic (exact) mass is 491 g/mol. The number of rotatable bonds is 6. The molecular formula is C27H29N3O4S. The molecule has 0 amide bonds. The van der Waals surface area contributed by atoms with Crippen molar-refractivity contribution < 1.29 is 19.1 Å². The minimum absolute atomic E-state index is 0.366. The van der Waals surface area contributed by atoms with Gasteiger partial charge in [-0.25, -0.2) is 14.6 Å². The van der Waals surface area contributed by atoms with E-state index in [1.165, 1.54) is 25.6 Å². The molecule has 8 heteroatoms. The zero-order valence-corrected chi connectivity index (χ0v) is 21.2. The third kappa shape index (κ3) is 4.30. The van der Waals surface area contributed by atoms with E-state index in [-0.39, 0.29) is 0 Å². The largest absolute Gasteiger partial charge is 0.467 e. The summed E-state index contributed by atoms with van der Waals surface area (Å²) in [5.41, 5.74) is 3.36. The van der Waals surface area contributed by atoms with Gasteiger partial charge in [0.2, 0.25) is 0 Å². The highest BCUT2D eigenvalue weighted by Gasteiger charge is 2.58. The van der Waals surface area contributed by atoms with E-state index in [1.54, 1.807) is 0 Å². The molecule has 2 N–H and O–H groups in total. The van der Waals surface area contributed by atoms with Crippen molar-refractivity contribution >= 4 is 28.4 Å². The molecule has 0 bridgehead atoms. The highest BCUT2D eigenvalue weighted by Crippen LogP contribution is 2.45. The lowest BCUT2D eigenvalue weighted by molar-refractivity contribution is -0.148. The van der Waals surface area contributed by atoms with Crippen molar-refractivity contribution in [1.29, 1.82) is 0 Å². The van der Waals surface area contributed by atoms with E-state index in [2.05, 4.69) is 10.6 Å². The number of ether oxygens (including phenoxy) is 2. The summed E-state index contributed by atoms with van der Waals surface area (Å²) >= 11 is 1.40. The van der Waals surface area contributed by atoms with Gasteiger partial charge in [-0.15, -0.1) is 11.3 Å². The summed E-state index contributed by atoms with van der Waals surface area (Å²) in [5, 5.41) is 9.22. The standard InChI is InChI=1S/C27H29N3O4S/c1-16-11-9-10-14-20(16)21-15-35-26(29-21)30-27(25(32)34-5)18(3)28-17(2)22(24(31)33-4)23(27)19-12-7-6-8-13-19/h6-15,18,23,28H,1-5H3,(H,29,30). The second-order valence-electron chi connectivity index (χ2n) is 8.58. The molecule has 182 valence electrons. The molecule has 0 saturated heterocycles. The number of carbonyl (C=O) groups excluding carboxylic acids is 2. The SMILES string of the molecule is COC(=O)C1=C(C)NC(C)C(Nc2nc(-c3ccccc3C)cs2)(C(=O)OC)C1c1ccccc1. The van der Waals surface area contributed by atoms with Gasteiger partial charge in [0, 0.05) is 16.6 Å². The van der Waals surface area contributed by atoms with E-state index < -0.39 is 29.4 Å². The fourth-order valence-corrected chi connectivity index (χ4v) is 5.64. The molecule has 35 heavy (non-hydrogen) atoms. The van der Waals surface area contributed by atoms with Crippen LogP contribution < -0.4 is 10.6 Å². The molecule has 0 saturated carbocycles. The molecule has 2 heterocycles. The third-order valence-electron chi connectivity index (χ3n) is 6.56. The van der Waals surface area contributed by atoms with Gasteiger partial charge in [-0.3, -0.25) is 0 Å². The summed E-state index contributed by atoms with van der Waals surface area (Å²) in [7, 11) is 2.69. The maximum atomic E-state index is 13.7. The molecule has 0 aliphatic carbocycles. The Hall–Kier alpha value is -3.65. The number of hydrogen-bond donors (Lipinski definition) is 2. The lowest BCUT2D eigenvalue weighted by atomic mass is 9.68. The van der Waals surface area contributed by atoms with Gasteiger partial charge in [0.05, 0.1) is 37.4 Å². The Balaban J connectivity index is 1.89. The quantitative estimate of drug-likeness (QED) is 0.485. The number of carbonyl (C=O) groups is 2. The molecule has 0 fully saturated rings. The van der Waals surface area contributed by atoms with Crippen LogP contribution in [-0.4, -0.2) is 42.7 Å². The van der Waals surface area contributed by atoms with Crippen LogP contribution in [0.5, 0.6) is 0 Å². The second kappa shape index (κ2) is 9.92. The topological polar surface area (TPSA) is 89.5 Å². The van der Waals surface area contributed by atoms with Crippen LogP contribution in [0.1, 0.15) is 30.9 Å². The van der Waals surface area contributed by atoms with Crippen LogP contribution in [0.4, 0.5) is 5.13 Å². The van der Waals surface area contributed by atoms with Gasteiger partial charge in [0.15, 0.2) is 10.7 Å². The smallest absolute Gasteiger partial charge is 0.336 e. The molecule has 3 aromatic rings. The second-order valence-corrected chi connectivity index (χ2v) is 9.44. The van der Waals surface area contributed by atoms with Crippen LogP contribution >= 0.6 is 11.3 Å². The van der Waals surface area contributed by atoms with Gasteiger partial charge < -0.3 is 20.1 Å². The first kappa shape index (κ1) is 24.5. The number of anilines is 1. The minimum Gasteiger partial charge on any atom is -0.467 e. The molecule has 3 atom stereocenters. The third-order valence-corrected chi connectivity index (χ3v) is 7.32. The van der Waals surface area contributed by atoms with Crippen molar-refractivity contribution in [2.75, 3.05) is 19.5 Å². The normalized spacial score (nSPS) is 21.7. The van der Waals surface area contributed by atoms with Crippen molar-refractivity contribution in [1.82, 2.24) is 10.3 Å². The highest BCUT2D eigenvalue weighted by molar-refractivity contribution is 7.14. The Morgan fingerprint density at radius 3 is 2.37 bits per heavy atom. The zero-order valence-electron chi connectivity index (χ0n) is 20.4. The first-order valence-electron chi connectivity index (χ1n) is 11.3. The molecule has 3 unspecified atom stereocenters. The Bertz CT molecular complexity index is 1270. The number of esters is 2. The van der Waals surface area contributed by atoms with E-state index in [4.69, 9.17) is 14.5 Å². The zero-order chi connectivity index (χ0) is 25.2. The van der Waals surface area contributed by atoms with Gasteiger partial charge in [0.1, 0.15) is 0 Å². The number of nitrogens with one attached hydrogen (secondary N) is 2. The van der Waals surface area contributed by atoms with E-state index in [0.29, 0.717) is 16.4 Å². The number of benzene rings is 2. The van der Waals surface area contributed by atoms with Gasteiger partial charge >= 0.3 is 11.9 Å². The molecule has 0 spiro atoms. The fraction of sp³-hybridized carbons (Fsp3) is 0.296. The Morgan fingerprint density at radius 2 is 1.71 bits per heavy atom. The van der Waals surface area contributed by atoms with E-state index in [1.807, 2.05) is 80.7 Å². The first-order chi connectivity index (χ1) is 16.8. The predicted molar refractivity (Wildman–Crippen MR) is 137 cm³/mol. The van der Waals surface area contributed by atoms with Crippen molar-refractivity contribution in [3.05, 3.63) is 82.4 Å². The van der Waals surface area contributed by atoms with Crippen LogP contribution in [-0.2, 0) is 19.1 Å². The Morgan fingerprint density at radius 1 is 1.03 bits per heavy atom. The van der Waals surface area contributed by atoms with Crippen LogP contribution in [0.25, 0.3) is 11.3 Å². The van der Waals surface area contributed by atoms with Crippen molar-refractivity contribution in [3.8, 4) is 11.3 Å². The summed E-state index contributed by atoms with van der Waals surface area (Å²) in [5.74, 6) is -1.70. The molecule has 2 aromatic carbocycles. The van der Waals surface area contributed by atoms with E-state index >= 15 is 0 Å². The van der Waals surface area contributed by atoms with Crippen molar-refractivity contribution in [2.24, 2.45) is 0 Å². The van der Waals surface area contributed by atoms with Gasteiger partial charge in [0.25, 0.3) is 0 Å². The Labute approximate surface area is 209 Å². The molecule has 1 aliphatic heterocycles. The average molecular weight is 492 g/mol. The van der Waals surface area contributed by atoms with E-state index in [9.17, 15) is 9.59 Å². The van der Waals surface area contributed by atoms with Crippen LogP contribution in [0.15, 0.2) is 71.2 Å². The maximum absolute atomic E-state index is 13.7. The lowest BCUT2D eigenvalue weighted by Gasteiger charge is -2.47. The Kier molecular flexibility index (Phi) is 6.93. The summed E-state index contributed by atoms with van der Waals surface area (Å²) in [6.45, 7) is 5.75. The molecule has 0 radical (unpaired) electrons.